The number of amides is 2. The maximum atomic E-state index is 11.3. The van der Waals surface area contributed by atoms with E-state index in [0.717, 1.165) is 32.1 Å². The second-order valence-corrected chi connectivity index (χ2v) is 4.07. The van der Waals surface area contributed by atoms with Crippen molar-refractivity contribution >= 4 is 11.8 Å². The summed E-state index contributed by atoms with van der Waals surface area (Å²) < 4.78 is 0. The van der Waals surface area contributed by atoms with E-state index in [9.17, 15) is 9.59 Å². The quantitative estimate of drug-likeness (QED) is 0.492. The molecule has 0 aromatic rings. The van der Waals surface area contributed by atoms with E-state index in [0.29, 0.717) is 19.5 Å². The predicted molar refractivity (Wildman–Crippen MR) is 66.5 cm³/mol. The largest absolute Gasteiger partial charge is 0.396 e. The topological polar surface area (TPSA) is 78.4 Å². The summed E-state index contributed by atoms with van der Waals surface area (Å²) >= 11 is 0. The lowest BCUT2D eigenvalue weighted by Crippen LogP contribution is -2.24. The fourth-order valence-electron chi connectivity index (χ4n) is 1.40. The summed E-state index contributed by atoms with van der Waals surface area (Å²) in [5, 5.41) is 14.1. The minimum absolute atomic E-state index is 0.00775. The summed E-state index contributed by atoms with van der Waals surface area (Å²) in [4.78, 5) is 21.9. The fourth-order valence-corrected chi connectivity index (χ4v) is 1.40. The van der Waals surface area contributed by atoms with Crippen LogP contribution in [-0.4, -0.2) is 36.6 Å². The van der Waals surface area contributed by atoms with E-state index in [2.05, 4.69) is 10.6 Å². The van der Waals surface area contributed by atoms with Crippen molar-refractivity contribution in [3.8, 4) is 0 Å². The number of unbranched alkanes of at least 4 members (excludes halogenated alkanes) is 3. The Morgan fingerprint density at radius 2 is 1.59 bits per heavy atom. The molecular weight excluding hydrogens is 220 g/mol. The molecule has 0 aromatic heterocycles. The van der Waals surface area contributed by atoms with E-state index in [-0.39, 0.29) is 18.4 Å². The molecule has 0 heterocycles. The number of rotatable bonds is 10. The first-order chi connectivity index (χ1) is 8.16. The van der Waals surface area contributed by atoms with E-state index < -0.39 is 0 Å². The molecule has 3 N–H and O–H groups in total. The molecule has 5 nitrogen and oxygen atoms in total. The van der Waals surface area contributed by atoms with Gasteiger partial charge in [0.15, 0.2) is 0 Å². The smallest absolute Gasteiger partial charge is 0.219 e. The summed E-state index contributed by atoms with van der Waals surface area (Å²) in [5.41, 5.74) is 0. The van der Waals surface area contributed by atoms with Crippen LogP contribution < -0.4 is 10.6 Å². The van der Waals surface area contributed by atoms with Crippen LogP contribution in [0.3, 0.4) is 0 Å². The van der Waals surface area contributed by atoms with Gasteiger partial charge in [-0.15, -0.1) is 0 Å². The van der Waals surface area contributed by atoms with Crippen LogP contribution in [0.4, 0.5) is 0 Å². The number of nitrogens with one attached hydrogen (secondary N) is 2. The molecule has 0 unspecified atom stereocenters. The minimum atomic E-state index is -0.00775. The van der Waals surface area contributed by atoms with Crippen LogP contribution >= 0.6 is 0 Å². The fraction of sp³-hybridized carbons (Fsp3) is 0.833. The molecule has 17 heavy (non-hydrogen) atoms. The van der Waals surface area contributed by atoms with E-state index in [1.165, 1.54) is 6.92 Å². The van der Waals surface area contributed by atoms with Gasteiger partial charge in [-0.3, -0.25) is 9.59 Å². The molecule has 5 heteroatoms. The van der Waals surface area contributed by atoms with Gasteiger partial charge in [0.05, 0.1) is 0 Å². The molecule has 0 radical (unpaired) electrons. The molecule has 100 valence electrons. The number of hydrogen-bond donors (Lipinski definition) is 3. The zero-order chi connectivity index (χ0) is 12.9. The van der Waals surface area contributed by atoms with Crippen molar-refractivity contribution in [2.75, 3.05) is 19.7 Å². The molecule has 0 atom stereocenters. The van der Waals surface area contributed by atoms with Crippen LogP contribution in [-0.2, 0) is 9.59 Å². The van der Waals surface area contributed by atoms with Crippen LogP contribution in [0.25, 0.3) is 0 Å². The Labute approximate surface area is 103 Å². The zero-order valence-corrected chi connectivity index (χ0v) is 10.6. The Kier molecular flexibility index (Phi) is 10.7. The van der Waals surface area contributed by atoms with Gasteiger partial charge in [0, 0.05) is 33.0 Å². The number of aliphatic hydroxyl groups is 1. The van der Waals surface area contributed by atoms with Gasteiger partial charge in [0.2, 0.25) is 11.8 Å². The van der Waals surface area contributed by atoms with Crippen molar-refractivity contribution in [2.24, 2.45) is 0 Å². The van der Waals surface area contributed by atoms with Crippen molar-refractivity contribution in [3.05, 3.63) is 0 Å². The Morgan fingerprint density at radius 3 is 2.24 bits per heavy atom. The van der Waals surface area contributed by atoms with Gasteiger partial charge in [-0.05, 0) is 25.7 Å². The first-order valence-corrected chi connectivity index (χ1v) is 6.29. The molecule has 0 aliphatic carbocycles. The lowest BCUT2D eigenvalue weighted by molar-refractivity contribution is -0.121. The highest BCUT2D eigenvalue weighted by Crippen LogP contribution is 1.99. The van der Waals surface area contributed by atoms with E-state index >= 15 is 0 Å². The summed E-state index contributed by atoms with van der Waals surface area (Å²) in [6.45, 7) is 3.01. The van der Waals surface area contributed by atoms with Crippen molar-refractivity contribution in [3.63, 3.8) is 0 Å². The maximum Gasteiger partial charge on any atom is 0.219 e. The Bertz CT molecular complexity index is 220. The zero-order valence-electron chi connectivity index (χ0n) is 10.6. The van der Waals surface area contributed by atoms with Crippen molar-refractivity contribution in [1.82, 2.24) is 10.6 Å². The third kappa shape index (κ3) is 12.8. The summed E-state index contributed by atoms with van der Waals surface area (Å²) in [7, 11) is 0. The lowest BCUT2D eigenvalue weighted by Gasteiger charge is -2.04. The molecule has 0 saturated heterocycles. The average molecular weight is 244 g/mol. The van der Waals surface area contributed by atoms with Crippen LogP contribution in [0.15, 0.2) is 0 Å². The lowest BCUT2D eigenvalue weighted by atomic mass is 10.2. The highest BCUT2D eigenvalue weighted by molar-refractivity contribution is 5.75. The van der Waals surface area contributed by atoms with Gasteiger partial charge in [0.25, 0.3) is 0 Å². The monoisotopic (exact) mass is 244 g/mol. The molecule has 0 aromatic carbocycles. The van der Waals surface area contributed by atoms with Gasteiger partial charge < -0.3 is 15.7 Å². The van der Waals surface area contributed by atoms with Crippen molar-refractivity contribution in [1.29, 1.82) is 0 Å². The molecule has 0 rings (SSSR count). The van der Waals surface area contributed by atoms with E-state index in [1.54, 1.807) is 0 Å². The second kappa shape index (κ2) is 11.4. The number of aliphatic hydroxyl groups excluding tert-OH is 1. The van der Waals surface area contributed by atoms with Crippen LogP contribution in [0.1, 0.15) is 45.4 Å². The molecule has 0 fully saturated rings. The van der Waals surface area contributed by atoms with Gasteiger partial charge in [0.1, 0.15) is 0 Å². The summed E-state index contributed by atoms with van der Waals surface area (Å²) in [5.74, 6) is 0.0640. The van der Waals surface area contributed by atoms with E-state index in [4.69, 9.17) is 5.11 Å². The highest BCUT2D eigenvalue weighted by Gasteiger charge is 2.00. The molecule has 0 saturated carbocycles. The van der Waals surface area contributed by atoms with Crippen LogP contribution in [0.2, 0.25) is 0 Å². The van der Waals surface area contributed by atoms with Gasteiger partial charge in [-0.2, -0.15) is 0 Å². The molecule has 0 aliphatic rings. The minimum Gasteiger partial charge on any atom is -0.396 e. The Morgan fingerprint density at radius 1 is 0.941 bits per heavy atom. The van der Waals surface area contributed by atoms with Crippen LogP contribution in [0.5, 0.6) is 0 Å². The Balaban J connectivity index is 3.19. The third-order valence-corrected chi connectivity index (χ3v) is 2.36. The van der Waals surface area contributed by atoms with Gasteiger partial charge in [-0.1, -0.05) is 6.42 Å². The second-order valence-electron chi connectivity index (χ2n) is 4.07. The van der Waals surface area contributed by atoms with Crippen LogP contribution in [0, 0.1) is 0 Å². The molecule has 0 aliphatic heterocycles. The van der Waals surface area contributed by atoms with Crippen molar-refractivity contribution in [2.45, 2.75) is 45.4 Å². The predicted octanol–water partition coefficient (Wildman–Crippen LogP) is 0.572. The SMILES string of the molecule is CC(=O)NCCCCCC(=O)NCCCCO. The van der Waals surface area contributed by atoms with E-state index in [1.807, 2.05) is 0 Å². The average Bonchev–Trinajstić information content (AvgIpc) is 2.29. The normalized spacial score (nSPS) is 10.0. The highest BCUT2D eigenvalue weighted by atomic mass is 16.3. The molecule has 2 amide bonds. The van der Waals surface area contributed by atoms with Gasteiger partial charge in [-0.25, -0.2) is 0 Å². The van der Waals surface area contributed by atoms with Gasteiger partial charge >= 0.3 is 0 Å². The maximum absolute atomic E-state index is 11.3. The Hall–Kier alpha value is -1.10. The molecular formula is C12H24N2O3. The first kappa shape index (κ1) is 15.9. The third-order valence-electron chi connectivity index (χ3n) is 2.36. The summed E-state index contributed by atoms with van der Waals surface area (Å²) in [6.07, 6.45) is 4.81. The van der Waals surface area contributed by atoms with Crippen molar-refractivity contribution < 1.29 is 14.7 Å². The molecule has 0 bridgehead atoms. The number of carbonyl (C=O) groups excluding carboxylic acids is 2. The summed E-state index contributed by atoms with van der Waals surface area (Å²) in [6, 6.07) is 0. The number of hydrogen-bond acceptors (Lipinski definition) is 3. The first-order valence-electron chi connectivity index (χ1n) is 6.29. The standard InChI is InChI=1S/C12H24N2O3/c1-11(16)13-8-4-2-3-7-12(17)14-9-5-6-10-15/h15H,2-10H2,1H3,(H,13,16)(H,14,17). The molecule has 0 spiro atoms. The number of carbonyl (C=O) groups is 2.